The number of hydrogen-bond donors (Lipinski definition) is 2. The number of aromatic nitrogens is 3. The van der Waals surface area contributed by atoms with Crippen LogP contribution in [0.4, 0.5) is 4.39 Å². The SMILES string of the molecule is CCOC(=O)CC(c1ccc(C)c(CN2CC(C)Oc3ccccc3S2(O)O)c1)c1cc(C)c2c(nnn2C)c1F. The molecule has 4 aromatic rings. The number of carbonyl (C=O) groups is 1. The van der Waals surface area contributed by atoms with Crippen molar-refractivity contribution in [2.24, 2.45) is 7.05 Å². The summed E-state index contributed by atoms with van der Waals surface area (Å²) in [5.41, 5.74) is 4.30. The average molecular weight is 583 g/mol. The first-order valence-corrected chi connectivity index (χ1v) is 15.0. The van der Waals surface area contributed by atoms with E-state index in [1.165, 1.54) is 4.68 Å². The molecule has 1 aromatic heterocycles. The Morgan fingerprint density at radius 2 is 1.95 bits per heavy atom. The van der Waals surface area contributed by atoms with Gasteiger partial charge in [-0.2, -0.15) is 4.31 Å². The number of fused-ring (bicyclic) bond motifs is 2. The van der Waals surface area contributed by atoms with Crippen molar-refractivity contribution >= 4 is 27.8 Å². The minimum absolute atomic E-state index is 0.0738. The van der Waals surface area contributed by atoms with E-state index in [1.807, 2.05) is 39.0 Å². The highest BCUT2D eigenvalue weighted by Gasteiger charge is 2.34. The van der Waals surface area contributed by atoms with Crippen LogP contribution in [0.1, 0.15) is 54.0 Å². The zero-order chi connectivity index (χ0) is 29.5. The Labute approximate surface area is 240 Å². The number of ether oxygens (including phenoxy) is 2. The van der Waals surface area contributed by atoms with E-state index >= 15 is 4.39 Å². The monoisotopic (exact) mass is 582 g/mol. The van der Waals surface area contributed by atoms with Crippen molar-refractivity contribution in [2.45, 2.75) is 57.6 Å². The average Bonchev–Trinajstić information content (AvgIpc) is 3.29. The molecule has 0 saturated carbocycles. The zero-order valence-corrected chi connectivity index (χ0v) is 24.6. The molecule has 2 atom stereocenters. The fourth-order valence-corrected chi connectivity index (χ4v) is 7.14. The van der Waals surface area contributed by atoms with E-state index in [4.69, 9.17) is 9.47 Å². The molecule has 0 saturated heterocycles. The van der Waals surface area contributed by atoms with Crippen molar-refractivity contribution in [1.82, 2.24) is 19.3 Å². The zero-order valence-electron chi connectivity index (χ0n) is 23.8. The smallest absolute Gasteiger partial charge is 0.306 e. The van der Waals surface area contributed by atoms with E-state index in [-0.39, 0.29) is 37.7 Å². The fraction of sp³-hybridized carbons (Fsp3) is 0.367. The van der Waals surface area contributed by atoms with Crippen LogP contribution in [0.15, 0.2) is 53.4 Å². The summed E-state index contributed by atoms with van der Waals surface area (Å²) in [6, 6.07) is 14.4. The number of para-hydroxylation sites is 1. The summed E-state index contributed by atoms with van der Waals surface area (Å²) in [7, 11) is -1.65. The molecule has 2 N–H and O–H groups in total. The van der Waals surface area contributed by atoms with Crippen LogP contribution in [0.5, 0.6) is 5.75 Å². The number of aryl methyl sites for hydroxylation is 3. The van der Waals surface area contributed by atoms with Gasteiger partial charge in [0.25, 0.3) is 0 Å². The molecule has 2 heterocycles. The third kappa shape index (κ3) is 5.54. The second-order valence-corrected chi connectivity index (χ2v) is 12.5. The molecule has 5 rings (SSSR count). The van der Waals surface area contributed by atoms with Gasteiger partial charge in [0.15, 0.2) is 5.82 Å². The van der Waals surface area contributed by atoms with Crippen molar-refractivity contribution in [3.8, 4) is 5.75 Å². The van der Waals surface area contributed by atoms with Gasteiger partial charge < -0.3 is 9.47 Å². The van der Waals surface area contributed by atoms with Crippen molar-refractivity contribution in [3.05, 3.63) is 82.2 Å². The molecular formula is C30H35FN4O5S. The van der Waals surface area contributed by atoms with E-state index in [0.29, 0.717) is 27.3 Å². The highest BCUT2D eigenvalue weighted by atomic mass is 32.3. The Hall–Kier alpha value is -3.51. The molecule has 9 nitrogen and oxygen atoms in total. The van der Waals surface area contributed by atoms with E-state index in [9.17, 15) is 13.9 Å². The van der Waals surface area contributed by atoms with Gasteiger partial charge in [0.05, 0.1) is 25.1 Å². The van der Waals surface area contributed by atoms with E-state index < -0.39 is 28.5 Å². The van der Waals surface area contributed by atoms with Crippen molar-refractivity contribution in [3.63, 3.8) is 0 Å². The lowest BCUT2D eigenvalue weighted by Crippen LogP contribution is -2.33. The van der Waals surface area contributed by atoms with Gasteiger partial charge in [-0.15, -0.1) is 15.9 Å². The van der Waals surface area contributed by atoms with Crippen LogP contribution in [-0.2, 0) is 23.1 Å². The summed E-state index contributed by atoms with van der Waals surface area (Å²) in [6.45, 7) is 8.12. The van der Waals surface area contributed by atoms with Crippen molar-refractivity contribution in [2.75, 3.05) is 13.2 Å². The summed E-state index contributed by atoms with van der Waals surface area (Å²) in [4.78, 5) is 13.1. The lowest BCUT2D eigenvalue weighted by molar-refractivity contribution is -0.143. The molecule has 0 radical (unpaired) electrons. The Morgan fingerprint density at radius 1 is 1.20 bits per heavy atom. The Balaban J connectivity index is 1.57. The Bertz CT molecular complexity index is 1610. The van der Waals surface area contributed by atoms with Gasteiger partial charge in [0.1, 0.15) is 22.3 Å². The third-order valence-electron chi connectivity index (χ3n) is 7.50. The Morgan fingerprint density at radius 3 is 2.71 bits per heavy atom. The number of halogens is 1. The molecule has 11 heteroatoms. The van der Waals surface area contributed by atoms with Crippen LogP contribution in [0.3, 0.4) is 0 Å². The van der Waals surface area contributed by atoms with E-state index in [0.717, 1.165) is 16.7 Å². The maximum Gasteiger partial charge on any atom is 0.306 e. The van der Waals surface area contributed by atoms with Crippen molar-refractivity contribution < 1.29 is 27.8 Å². The highest BCUT2D eigenvalue weighted by Crippen LogP contribution is 2.57. The predicted octanol–water partition coefficient (Wildman–Crippen LogP) is 6.12. The number of rotatable bonds is 7. The maximum atomic E-state index is 16.0. The number of benzene rings is 3. The highest BCUT2D eigenvalue weighted by molar-refractivity contribution is 8.22. The third-order valence-corrected chi connectivity index (χ3v) is 9.43. The quantitative estimate of drug-likeness (QED) is 0.251. The van der Waals surface area contributed by atoms with Gasteiger partial charge in [-0.25, -0.2) is 9.07 Å². The standard InChI is InChI=1S/C30H35FN4O5S/c1-6-39-27(36)15-23(24-13-19(3)30-29(28(24)31)32-33-34(30)5)21-12-11-18(2)22(14-21)17-35-16-20(4)40-25-9-7-8-10-26(25)41(35,37)38/h7-14,20,23,37-38H,6,15-17H2,1-5H3. The number of esters is 1. The van der Waals surface area contributed by atoms with Gasteiger partial charge in [-0.1, -0.05) is 41.6 Å². The first-order valence-electron chi connectivity index (χ1n) is 13.5. The number of carbonyl (C=O) groups excluding carboxylic acids is 1. The van der Waals surface area contributed by atoms with Crippen LogP contribution in [-0.4, -0.2) is 53.6 Å². The van der Waals surface area contributed by atoms with Gasteiger partial charge in [0.2, 0.25) is 0 Å². The summed E-state index contributed by atoms with van der Waals surface area (Å²) in [5, 5.41) is 8.03. The summed E-state index contributed by atoms with van der Waals surface area (Å²) < 4.78 is 53.2. The minimum Gasteiger partial charge on any atom is -0.487 e. The van der Waals surface area contributed by atoms with Crippen LogP contribution in [0, 0.1) is 19.7 Å². The predicted molar refractivity (Wildman–Crippen MR) is 156 cm³/mol. The molecule has 3 aromatic carbocycles. The van der Waals surface area contributed by atoms with Crippen LogP contribution in [0.2, 0.25) is 0 Å². The van der Waals surface area contributed by atoms with E-state index in [2.05, 4.69) is 10.3 Å². The first kappa shape index (κ1) is 29.0. The lowest BCUT2D eigenvalue weighted by Gasteiger charge is -2.42. The first-order chi connectivity index (χ1) is 19.5. The normalized spacial score (nSPS) is 18.3. The summed E-state index contributed by atoms with van der Waals surface area (Å²) in [6.07, 6.45) is -0.365. The lowest BCUT2D eigenvalue weighted by atomic mass is 9.85. The fourth-order valence-electron chi connectivity index (χ4n) is 5.48. The van der Waals surface area contributed by atoms with Crippen LogP contribution < -0.4 is 4.74 Å². The molecular weight excluding hydrogens is 547 g/mol. The van der Waals surface area contributed by atoms with Crippen LogP contribution >= 0.6 is 10.8 Å². The van der Waals surface area contributed by atoms with Gasteiger partial charge in [-0.3, -0.25) is 13.9 Å². The Kier molecular flexibility index (Phi) is 8.06. The van der Waals surface area contributed by atoms with Crippen molar-refractivity contribution in [1.29, 1.82) is 0 Å². The molecule has 2 unspecified atom stereocenters. The second-order valence-electron chi connectivity index (χ2n) is 10.5. The van der Waals surface area contributed by atoms with Gasteiger partial charge in [0, 0.05) is 19.5 Å². The second kappa shape index (κ2) is 11.4. The summed E-state index contributed by atoms with van der Waals surface area (Å²) >= 11 is 0. The minimum atomic E-state index is -3.36. The van der Waals surface area contributed by atoms with Gasteiger partial charge >= 0.3 is 5.97 Å². The molecule has 0 bridgehead atoms. The molecule has 1 aliphatic rings. The number of hydrogen-bond acceptors (Lipinski definition) is 8. The molecule has 41 heavy (non-hydrogen) atoms. The maximum absolute atomic E-state index is 16.0. The molecule has 218 valence electrons. The molecule has 0 amide bonds. The number of nitrogens with zero attached hydrogens (tertiary/aromatic N) is 4. The van der Waals surface area contributed by atoms with E-state index in [1.54, 1.807) is 48.6 Å². The van der Waals surface area contributed by atoms with Crippen LogP contribution in [0.25, 0.3) is 11.0 Å². The molecule has 0 aliphatic carbocycles. The van der Waals surface area contributed by atoms with Gasteiger partial charge in [-0.05, 0) is 67.6 Å². The largest absolute Gasteiger partial charge is 0.487 e. The molecule has 1 aliphatic heterocycles. The molecule has 0 spiro atoms. The topological polar surface area (TPSA) is 110 Å². The molecule has 0 fully saturated rings. The summed E-state index contributed by atoms with van der Waals surface area (Å²) in [5.74, 6) is -1.18.